The molecule has 0 saturated heterocycles. The highest BCUT2D eigenvalue weighted by atomic mass is 35.5. The van der Waals surface area contributed by atoms with Crippen LogP contribution in [0.15, 0.2) is 59.2 Å². The Labute approximate surface area is 179 Å². The van der Waals surface area contributed by atoms with Crippen molar-refractivity contribution in [1.29, 1.82) is 0 Å². The van der Waals surface area contributed by atoms with E-state index in [4.69, 9.17) is 16.7 Å². The van der Waals surface area contributed by atoms with Crippen LogP contribution in [0.3, 0.4) is 0 Å². The molecule has 0 saturated carbocycles. The number of carboxylic acids is 1. The highest BCUT2D eigenvalue weighted by Crippen LogP contribution is 2.40. The van der Waals surface area contributed by atoms with Crippen molar-refractivity contribution in [2.24, 2.45) is 4.99 Å². The number of nitrogens with zero attached hydrogens (tertiary/aromatic N) is 2. The van der Waals surface area contributed by atoms with Gasteiger partial charge in [-0.3, -0.25) is 4.79 Å². The summed E-state index contributed by atoms with van der Waals surface area (Å²) in [5.74, 6) is -0.301. The van der Waals surface area contributed by atoms with Gasteiger partial charge in [-0.25, -0.2) is 9.79 Å². The number of carboxylic acid groups (broad SMARTS) is 1. The number of unbranched alkanes of at least 4 members (excludes halogenated alkanes) is 1. The van der Waals surface area contributed by atoms with Gasteiger partial charge in [0, 0.05) is 24.2 Å². The number of hydrogen-bond acceptors (Lipinski definition) is 4. The van der Waals surface area contributed by atoms with Crippen molar-refractivity contribution in [1.82, 2.24) is 4.90 Å². The van der Waals surface area contributed by atoms with Crippen LogP contribution in [0.5, 0.6) is 0 Å². The molecule has 0 aromatic heterocycles. The number of aromatic carboxylic acids is 1. The lowest BCUT2D eigenvalue weighted by Gasteiger charge is -2.25. The molecular formula is C23H22ClN3O3. The molecule has 0 fully saturated rings. The van der Waals surface area contributed by atoms with Gasteiger partial charge in [0.05, 0.1) is 16.8 Å². The summed E-state index contributed by atoms with van der Waals surface area (Å²) in [6, 6.07) is 14.3. The number of halogens is 1. The molecular weight excluding hydrogens is 402 g/mol. The van der Waals surface area contributed by atoms with E-state index in [1.54, 1.807) is 24.3 Å². The molecule has 1 atom stereocenters. The number of carbonyl (C=O) groups excluding carboxylic acids is 1. The van der Waals surface area contributed by atoms with E-state index >= 15 is 0 Å². The van der Waals surface area contributed by atoms with Gasteiger partial charge in [-0.15, -0.1) is 0 Å². The number of benzene rings is 2. The lowest BCUT2D eigenvalue weighted by molar-refractivity contribution is -0.110. The van der Waals surface area contributed by atoms with E-state index in [0.29, 0.717) is 17.8 Å². The highest BCUT2D eigenvalue weighted by Gasteiger charge is 2.37. The molecule has 4 rings (SSSR count). The Bertz CT molecular complexity index is 1060. The molecule has 30 heavy (non-hydrogen) atoms. The third kappa shape index (κ3) is 3.71. The van der Waals surface area contributed by atoms with Crippen LogP contribution >= 0.6 is 11.6 Å². The monoisotopic (exact) mass is 423 g/mol. The average Bonchev–Trinajstić information content (AvgIpc) is 3.21. The Morgan fingerprint density at radius 2 is 1.93 bits per heavy atom. The minimum Gasteiger partial charge on any atom is -0.478 e. The van der Waals surface area contributed by atoms with E-state index in [-0.39, 0.29) is 11.5 Å². The minimum absolute atomic E-state index is 0.185. The fourth-order valence-electron chi connectivity index (χ4n) is 3.80. The summed E-state index contributed by atoms with van der Waals surface area (Å²) in [7, 11) is 0. The van der Waals surface area contributed by atoms with Gasteiger partial charge in [0.25, 0.3) is 5.91 Å². The summed E-state index contributed by atoms with van der Waals surface area (Å²) < 4.78 is 0. The van der Waals surface area contributed by atoms with E-state index in [0.717, 1.165) is 41.9 Å². The topological polar surface area (TPSA) is 82.0 Å². The number of para-hydroxylation sites is 1. The number of nitrogens with one attached hydrogen (secondary N) is 1. The Kier molecular flexibility index (Phi) is 5.59. The zero-order valence-corrected chi connectivity index (χ0v) is 17.3. The van der Waals surface area contributed by atoms with Gasteiger partial charge in [-0.1, -0.05) is 55.3 Å². The second-order valence-corrected chi connectivity index (χ2v) is 7.75. The summed E-state index contributed by atoms with van der Waals surface area (Å²) in [4.78, 5) is 30.7. The average molecular weight is 424 g/mol. The van der Waals surface area contributed by atoms with Crippen LogP contribution in [-0.4, -0.2) is 33.2 Å². The van der Waals surface area contributed by atoms with Crippen LogP contribution in [0.1, 0.15) is 47.7 Å². The van der Waals surface area contributed by atoms with Gasteiger partial charge in [-0.2, -0.15) is 0 Å². The Morgan fingerprint density at radius 3 is 2.63 bits per heavy atom. The number of anilines is 1. The molecule has 1 unspecified atom stereocenters. The first kappa shape index (κ1) is 20.2. The van der Waals surface area contributed by atoms with E-state index in [1.807, 2.05) is 29.2 Å². The number of fused-ring (bicyclic) bond motifs is 1. The van der Waals surface area contributed by atoms with Gasteiger partial charge in [-0.05, 0) is 30.2 Å². The molecule has 2 aromatic carbocycles. The van der Waals surface area contributed by atoms with Crippen molar-refractivity contribution >= 4 is 40.6 Å². The summed E-state index contributed by atoms with van der Waals surface area (Å²) in [5.41, 5.74) is 3.30. The second-order valence-electron chi connectivity index (χ2n) is 7.33. The number of rotatable bonds is 6. The number of alkyl halides is 1. The number of carbonyl (C=O) groups is 2. The largest absolute Gasteiger partial charge is 0.478 e. The molecule has 2 N–H and O–H groups in total. The van der Waals surface area contributed by atoms with Crippen molar-refractivity contribution in [3.8, 4) is 0 Å². The van der Waals surface area contributed by atoms with Crippen LogP contribution < -0.4 is 5.32 Å². The van der Waals surface area contributed by atoms with Gasteiger partial charge >= 0.3 is 5.97 Å². The van der Waals surface area contributed by atoms with Crippen LogP contribution in [-0.2, 0) is 11.3 Å². The minimum atomic E-state index is -0.962. The first-order chi connectivity index (χ1) is 14.5. The van der Waals surface area contributed by atoms with Gasteiger partial charge in [0.15, 0.2) is 5.50 Å². The molecule has 0 bridgehead atoms. The predicted molar refractivity (Wildman–Crippen MR) is 118 cm³/mol. The maximum absolute atomic E-state index is 12.8. The Balaban J connectivity index is 1.75. The zero-order valence-electron chi connectivity index (χ0n) is 16.6. The summed E-state index contributed by atoms with van der Waals surface area (Å²) in [5, 5.41) is 12.1. The molecule has 0 radical (unpaired) electrons. The summed E-state index contributed by atoms with van der Waals surface area (Å²) in [6.45, 7) is 2.57. The van der Waals surface area contributed by atoms with Crippen LogP contribution in [0, 0.1) is 0 Å². The second kappa shape index (κ2) is 8.32. The van der Waals surface area contributed by atoms with Crippen molar-refractivity contribution < 1.29 is 14.7 Å². The summed E-state index contributed by atoms with van der Waals surface area (Å²) >= 11 is 6.65. The predicted octanol–water partition coefficient (Wildman–Crippen LogP) is 4.72. The molecule has 2 heterocycles. The maximum atomic E-state index is 12.8. The van der Waals surface area contributed by atoms with E-state index in [9.17, 15) is 9.59 Å². The Hall–Kier alpha value is -3.12. The lowest BCUT2D eigenvalue weighted by Crippen LogP contribution is -2.28. The number of hydrogen-bond donors (Lipinski definition) is 2. The van der Waals surface area contributed by atoms with Crippen molar-refractivity contribution in [2.75, 3.05) is 5.32 Å². The van der Waals surface area contributed by atoms with Crippen LogP contribution in [0.2, 0.25) is 0 Å². The SMILES string of the molecule is CCCCC1=NC(Cl)/C(=C2\C(=O)Nc3ccccc32)N1Cc1ccc(C(=O)O)cc1. The van der Waals surface area contributed by atoms with Gasteiger partial charge in [0.1, 0.15) is 5.84 Å². The molecule has 154 valence electrons. The molecule has 2 aromatic rings. The van der Waals surface area contributed by atoms with Gasteiger partial charge in [0.2, 0.25) is 0 Å². The molecule has 0 spiro atoms. The molecule has 2 aliphatic heterocycles. The smallest absolute Gasteiger partial charge is 0.335 e. The van der Waals surface area contributed by atoms with Crippen molar-refractivity contribution in [3.05, 3.63) is 70.9 Å². The lowest BCUT2D eigenvalue weighted by atomic mass is 10.0. The molecule has 1 amide bonds. The first-order valence-electron chi connectivity index (χ1n) is 9.95. The molecule has 2 aliphatic rings. The van der Waals surface area contributed by atoms with Crippen LogP contribution in [0.25, 0.3) is 5.57 Å². The number of amides is 1. The third-order valence-electron chi connectivity index (χ3n) is 5.31. The van der Waals surface area contributed by atoms with Crippen molar-refractivity contribution in [3.63, 3.8) is 0 Å². The van der Waals surface area contributed by atoms with Crippen molar-refractivity contribution in [2.45, 2.75) is 38.2 Å². The molecule has 0 aliphatic carbocycles. The van der Waals surface area contributed by atoms with E-state index < -0.39 is 11.5 Å². The van der Waals surface area contributed by atoms with E-state index in [1.165, 1.54) is 0 Å². The fourth-order valence-corrected chi connectivity index (χ4v) is 4.14. The van der Waals surface area contributed by atoms with Gasteiger partial charge < -0.3 is 15.3 Å². The van der Waals surface area contributed by atoms with E-state index in [2.05, 4.69) is 17.2 Å². The summed E-state index contributed by atoms with van der Waals surface area (Å²) in [6.07, 6.45) is 2.73. The molecule has 6 nitrogen and oxygen atoms in total. The third-order valence-corrected chi connectivity index (χ3v) is 5.62. The standard InChI is InChI=1S/C23H22ClN3O3/c1-2-3-8-18-26-21(24)20(19-16-6-4-5-7-17(16)25-22(19)28)27(18)13-14-9-11-15(12-10-14)23(29)30/h4-7,9-12,21H,2-3,8,13H2,1H3,(H,25,28)(H,29,30)/b20-19+. The quantitative estimate of drug-likeness (QED) is 0.400. The molecule has 7 heteroatoms. The van der Waals surface area contributed by atoms with Crippen LogP contribution in [0.4, 0.5) is 5.69 Å². The number of amidine groups is 1. The normalized spacial score (nSPS) is 20.2. The Morgan fingerprint density at radius 1 is 1.20 bits per heavy atom. The fraction of sp³-hybridized carbons (Fsp3) is 0.261. The highest BCUT2D eigenvalue weighted by molar-refractivity contribution is 6.35. The first-order valence-corrected chi connectivity index (χ1v) is 10.4. The number of aliphatic imine (C=N–C) groups is 1. The maximum Gasteiger partial charge on any atom is 0.335 e. The zero-order chi connectivity index (χ0) is 21.3.